The van der Waals surface area contributed by atoms with Crippen LogP contribution in [0.5, 0.6) is 0 Å². The molecule has 128 valence electrons. The fourth-order valence-corrected chi connectivity index (χ4v) is 2.80. The van der Waals surface area contributed by atoms with Gasteiger partial charge in [-0.1, -0.05) is 23.2 Å². The number of hydrogen-bond acceptors (Lipinski definition) is 4. The average Bonchev–Trinajstić information content (AvgIpc) is 2.56. The smallest absolute Gasteiger partial charge is 0.343 e. The van der Waals surface area contributed by atoms with Gasteiger partial charge in [0, 0.05) is 6.20 Å². The molecule has 0 radical (unpaired) electrons. The van der Waals surface area contributed by atoms with E-state index in [9.17, 15) is 14.0 Å². The summed E-state index contributed by atoms with van der Waals surface area (Å²) in [6.45, 7) is 1.75. The number of ether oxygens (including phenoxy) is 1. The highest BCUT2D eigenvalue weighted by Gasteiger charge is 2.19. The van der Waals surface area contributed by atoms with Crippen molar-refractivity contribution in [3.63, 3.8) is 0 Å². The normalized spacial score (nSPS) is 10.9. The van der Waals surface area contributed by atoms with Crippen molar-refractivity contribution in [1.82, 2.24) is 9.55 Å². The number of hydrogen-bond donors (Lipinski definition) is 0. The van der Waals surface area contributed by atoms with Crippen LogP contribution in [0.2, 0.25) is 10.2 Å². The van der Waals surface area contributed by atoms with E-state index >= 15 is 0 Å². The molecule has 3 rings (SSSR count). The Morgan fingerprint density at radius 2 is 2.04 bits per heavy atom. The Morgan fingerprint density at radius 1 is 1.28 bits per heavy atom. The number of esters is 1. The lowest BCUT2D eigenvalue weighted by Gasteiger charge is -2.14. The van der Waals surface area contributed by atoms with Crippen LogP contribution in [0.3, 0.4) is 0 Å². The molecule has 0 saturated carbocycles. The Morgan fingerprint density at radius 3 is 2.72 bits per heavy atom. The number of halogens is 3. The molecule has 0 fully saturated rings. The van der Waals surface area contributed by atoms with Crippen molar-refractivity contribution < 1.29 is 13.9 Å². The van der Waals surface area contributed by atoms with Crippen molar-refractivity contribution in [2.24, 2.45) is 0 Å². The molecule has 0 spiro atoms. The summed E-state index contributed by atoms with van der Waals surface area (Å²) in [5.74, 6) is -1.29. The number of fused-ring (bicyclic) bond motifs is 1. The fraction of sp³-hybridized carbons (Fsp3) is 0.118. The molecule has 0 N–H and O–H groups in total. The second-order valence-corrected chi connectivity index (χ2v) is 5.86. The van der Waals surface area contributed by atoms with Gasteiger partial charge in [-0.15, -0.1) is 0 Å². The molecule has 2 aromatic heterocycles. The van der Waals surface area contributed by atoms with Crippen LogP contribution in [0.1, 0.15) is 17.3 Å². The maximum Gasteiger partial charge on any atom is 0.343 e. The molecule has 5 nitrogen and oxygen atoms in total. The van der Waals surface area contributed by atoms with Crippen molar-refractivity contribution in [2.45, 2.75) is 6.92 Å². The summed E-state index contributed by atoms with van der Waals surface area (Å²) in [5.41, 5.74) is -0.182. The summed E-state index contributed by atoms with van der Waals surface area (Å²) < 4.78 is 19.7. The van der Waals surface area contributed by atoms with E-state index in [1.54, 1.807) is 6.92 Å². The Hall–Kier alpha value is -2.44. The van der Waals surface area contributed by atoms with Gasteiger partial charge >= 0.3 is 5.97 Å². The molecule has 0 unspecified atom stereocenters. The molecule has 0 aliphatic carbocycles. The third-order valence-corrected chi connectivity index (χ3v) is 3.99. The van der Waals surface area contributed by atoms with E-state index in [-0.39, 0.29) is 33.4 Å². The minimum Gasteiger partial charge on any atom is -0.462 e. The molecule has 0 aliphatic rings. The first-order valence-electron chi connectivity index (χ1n) is 7.27. The van der Waals surface area contributed by atoms with Gasteiger partial charge in [0.05, 0.1) is 22.7 Å². The lowest BCUT2D eigenvalue weighted by Crippen LogP contribution is -2.21. The van der Waals surface area contributed by atoms with Crippen molar-refractivity contribution in [2.75, 3.05) is 6.61 Å². The molecule has 0 atom stereocenters. The Kier molecular flexibility index (Phi) is 4.74. The van der Waals surface area contributed by atoms with Gasteiger partial charge in [0.25, 0.3) is 0 Å². The fourth-order valence-electron chi connectivity index (χ4n) is 2.39. The number of nitrogens with zero attached hydrogens (tertiary/aromatic N) is 2. The summed E-state index contributed by atoms with van der Waals surface area (Å²) in [6, 6.07) is 6.65. The van der Waals surface area contributed by atoms with Crippen molar-refractivity contribution in [1.29, 1.82) is 0 Å². The van der Waals surface area contributed by atoms with Crippen LogP contribution in [0.4, 0.5) is 4.39 Å². The van der Waals surface area contributed by atoms with E-state index in [4.69, 9.17) is 27.9 Å². The zero-order valence-corrected chi connectivity index (χ0v) is 14.4. The third kappa shape index (κ3) is 3.23. The monoisotopic (exact) mass is 380 g/mol. The van der Waals surface area contributed by atoms with E-state index in [0.29, 0.717) is 5.69 Å². The third-order valence-electron chi connectivity index (χ3n) is 3.48. The van der Waals surface area contributed by atoms with Gasteiger partial charge in [-0.25, -0.2) is 14.2 Å². The maximum absolute atomic E-state index is 13.4. The second kappa shape index (κ2) is 6.82. The highest BCUT2D eigenvalue weighted by atomic mass is 35.5. The molecule has 25 heavy (non-hydrogen) atoms. The lowest BCUT2D eigenvalue weighted by molar-refractivity contribution is 0.0524. The van der Waals surface area contributed by atoms with Crippen molar-refractivity contribution in [3.05, 3.63) is 68.3 Å². The van der Waals surface area contributed by atoms with Gasteiger partial charge in [-0.2, -0.15) is 0 Å². The summed E-state index contributed by atoms with van der Waals surface area (Å²) >= 11 is 12.1. The van der Waals surface area contributed by atoms with Gasteiger partial charge < -0.3 is 4.74 Å². The van der Waals surface area contributed by atoms with Gasteiger partial charge in [0.15, 0.2) is 0 Å². The van der Waals surface area contributed by atoms with Crippen LogP contribution in [0, 0.1) is 5.82 Å². The summed E-state index contributed by atoms with van der Waals surface area (Å²) in [5, 5.41) is 0.402. The number of pyridine rings is 2. The van der Waals surface area contributed by atoms with E-state index in [0.717, 1.165) is 6.07 Å². The van der Waals surface area contributed by atoms with E-state index in [2.05, 4.69) is 4.98 Å². The standard InChI is InChI=1S/C17H11Cl2FN2O3/c1-2-25-17(24)11-8-22(13-5-3-9(20)7-12(13)18)16-10(15(11)23)4-6-14(19)21-16/h3-8H,2H2,1H3. The molecule has 8 heteroatoms. The van der Waals surface area contributed by atoms with Crippen LogP contribution in [-0.4, -0.2) is 22.1 Å². The minimum absolute atomic E-state index is 0.0848. The summed E-state index contributed by atoms with van der Waals surface area (Å²) in [7, 11) is 0. The molecular formula is C17H11Cl2FN2O3. The molecule has 0 saturated heterocycles. The van der Waals surface area contributed by atoms with Crippen LogP contribution < -0.4 is 5.43 Å². The number of aromatic nitrogens is 2. The first kappa shape index (κ1) is 17.4. The Bertz CT molecular complexity index is 1050. The lowest BCUT2D eigenvalue weighted by atomic mass is 10.2. The largest absolute Gasteiger partial charge is 0.462 e. The first-order chi connectivity index (χ1) is 11.9. The van der Waals surface area contributed by atoms with E-state index in [1.807, 2.05) is 0 Å². The predicted octanol–water partition coefficient (Wildman–Crippen LogP) is 4.01. The molecule has 0 amide bonds. The molecule has 0 bridgehead atoms. The predicted molar refractivity (Wildman–Crippen MR) is 93.3 cm³/mol. The minimum atomic E-state index is -0.767. The number of benzene rings is 1. The Labute approximate surface area is 151 Å². The Balaban J connectivity index is 2.39. The highest BCUT2D eigenvalue weighted by molar-refractivity contribution is 6.32. The van der Waals surface area contributed by atoms with Crippen molar-refractivity contribution >= 4 is 40.2 Å². The van der Waals surface area contributed by atoms with E-state index in [1.165, 1.54) is 35.0 Å². The number of rotatable bonds is 3. The number of carbonyl (C=O) groups excluding carboxylic acids is 1. The zero-order chi connectivity index (χ0) is 18.1. The maximum atomic E-state index is 13.4. The summed E-state index contributed by atoms with van der Waals surface area (Å²) in [4.78, 5) is 28.9. The number of carbonyl (C=O) groups is 1. The topological polar surface area (TPSA) is 61.2 Å². The van der Waals surface area contributed by atoms with Crippen LogP contribution in [0.25, 0.3) is 16.7 Å². The second-order valence-electron chi connectivity index (χ2n) is 5.06. The molecule has 1 aromatic carbocycles. The van der Waals surface area contributed by atoms with Crippen molar-refractivity contribution in [3.8, 4) is 5.69 Å². The molecular weight excluding hydrogens is 370 g/mol. The van der Waals surface area contributed by atoms with Gasteiger partial charge in [-0.3, -0.25) is 9.36 Å². The van der Waals surface area contributed by atoms with Crippen LogP contribution in [0.15, 0.2) is 41.3 Å². The first-order valence-corrected chi connectivity index (χ1v) is 8.02. The molecule has 2 heterocycles. The zero-order valence-electron chi connectivity index (χ0n) is 12.9. The van der Waals surface area contributed by atoms with Gasteiger partial charge in [-0.05, 0) is 37.3 Å². The summed E-state index contributed by atoms with van der Waals surface area (Å²) in [6.07, 6.45) is 1.27. The quantitative estimate of drug-likeness (QED) is 0.508. The molecule has 0 aliphatic heterocycles. The van der Waals surface area contributed by atoms with Gasteiger partial charge in [0.2, 0.25) is 5.43 Å². The van der Waals surface area contributed by atoms with Crippen LogP contribution >= 0.6 is 23.2 Å². The van der Waals surface area contributed by atoms with Crippen LogP contribution in [-0.2, 0) is 4.74 Å². The van der Waals surface area contributed by atoms with Gasteiger partial charge in [0.1, 0.15) is 22.2 Å². The molecule has 3 aromatic rings. The average molecular weight is 381 g/mol. The SMILES string of the molecule is CCOC(=O)c1cn(-c2ccc(F)cc2Cl)c2nc(Cl)ccc2c1=O. The van der Waals surface area contributed by atoms with E-state index < -0.39 is 17.2 Å². The highest BCUT2D eigenvalue weighted by Crippen LogP contribution is 2.25.